The first kappa shape index (κ1) is 15.1. The van der Waals surface area contributed by atoms with Gasteiger partial charge in [0, 0.05) is 5.56 Å². The molecule has 6 heteroatoms. The number of hydrogen-bond acceptors (Lipinski definition) is 2. The van der Waals surface area contributed by atoms with Crippen LogP contribution in [0.5, 0.6) is 0 Å². The highest BCUT2D eigenvalue weighted by Crippen LogP contribution is 2.38. The summed E-state index contributed by atoms with van der Waals surface area (Å²) in [6, 6.07) is 6.31. The van der Waals surface area contributed by atoms with Gasteiger partial charge in [0.1, 0.15) is 5.82 Å². The molecule has 2 rings (SSSR count). The highest BCUT2D eigenvalue weighted by Gasteiger charge is 2.19. The van der Waals surface area contributed by atoms with Crippen LogP contribution in [0.3, 0.4) is 0 Å². The molecule has 0 bridgehead atoms. The third-order valence-electron chi connectivity index (χ3n) is 2.68. The topological polar surface area (TPSA) is 12.0 Å². The van der Waals surface area contributed by atoms with Gasteiger partial charge in [-0.2, -0.15) is 0 Å². The highest BCUT2D eigenvalue weighted by atomic mass is 35.5. The van der Waals surface area contributed by atoms with Crippen LogP contribution >= 0.6 is 46.1 Å². The van der Waals surface area contributed by atoms with E-state index in [1.807, 2.05) is 13.0 Å². The average molecular weight is 339 g/mol. The van der Waals surface area contributed by atoms with Crippen LogP contribution < -0.4 is 5.32 Å². The molecule has 0 spiro atoms. The van der Waals surface area contributed by atoms with Crippen molar-refractivity contribution in [1.82, 2.24) is 5.32 Å². The van der Waals surface area contributed by atoms with Gasteiger partial charge in [-0.1, -0.05) is 47.8 Å². The normalized spacial score (nSPS) is 12.7. The Morgan fingerprint density at radius 3 is 2.53 bits per heavy atom. The van der Waals surface area contributed by atoms with E-state index in [-0.39, 0.29) is 11.1 Å². The van der Waals surface area contributed by atoms with Crippen LogP contribution in [-0.2, 0) is 0 Å². The van der Waals surface area contributed by atoms with Crippen LogP contribution in [0.15, 0.2) is 24.3 Å². The molecule has 1 nitrogen and oxygen atoms in total. The molecule has 1 atom stereocenters. The van der Waals surface area contributed by atoms with Crippen LogP contribution in [0.2, 0.25) is 13.7 Å². The summed E-state index contributed by atoms with van der Waals surface area (Å²) in [6.07, 6.45) is 0. The van der Waals surface area contributed by atoms with E-state index in [1.54, 1.807) is 12.1 Å². The Labute approximate surface area is 130 Å². The molecule has 0 aliphatic heterocycles. The molecule has 1 heterocycles. The second kappa shape index (κ2) is 6.42. The quantitative estimate of drug-likeness (QED) is 0.771. The first-order valence-electron chi connectivity index (χ1n) is 5.66. The molecule has 0 aliphatic carbocycles. The summed E-state index contributed by atoms with van der Waals surface area (Å²) in [5.41, 5.74) is 1.73. The second-order valence-electron chi connectivity index (χ2n) is 3.94. The summed E-state index contributed by atoms with van der Waals surface area (Å²) in [5, 5.41) is 3.39. The smallest absolute Gasteiger partial charge is 0.141 e. The Hall–Kier alpha value is -0.320. The Kier molecular flexibility index (Phi) is 5.09. The van der Waals surface area contributed by atoms with Crippen LogP contribution in [-0.4, -0.2) is 6.54 Å². The lowest BCUT2D eigenvalue weighted by atomic mass is 10.0. The van der Waals surface area contributed by atoms with Gasteiger partial charge in [-0.25, -0.2) is 4.39 Å². The molecular formula is C13H11Cl3FNS. The van der Waals surface area contributed by atoms with Crippen molar-refractivity contribution in [1.29, 1.82) is 0 Å². The zero-order chi connectivity index (χ0) is 14.0. The van der Waals surface area contributed by atoms with Gasteiger partial charge in [0.05, 0.1) is 19.7 Å². The fourth-order valence-corrected chi connectivity index (χ4v) is 3.57. The molecule has 0 amide bonds. The van der Waals surface area contributed by atoms with Gasteiger partial charge in [-0.15, -0.1) is 11.3 Å². The van der Waals surface area contributed by atoms with Crippen LogP contribution in [0, 0.1) is 5.82 Å². The largest absolute Gasteiger partial charge is 0.306 e. The van der Waals surface area contributed by atoms with Crippen molar-refractivity contribution in [2.75, 3.05) is 6.54 Å². The average Bonchev–Trinajstić information content (AvgIpc) is 2.69. The van der Waals surface area contributed by atoms with E-state index < -0.39 is 5.82 Å². The van der Waals surface area contributed by atoms with Crippen molar-refractivity contribution in [2.45, 2.75) is 13.0 Å². The molecule has 0 aliphatic rings. The van der Waals surface area contributed by atoms with Gasteiger partial charge in [-0.05, 0) is 30.3 Å². The fourth-order valence-electron chi connectivity index (χ4n) is 1.85. The standard InChI is InChI=1S/C13H11Cl3FNS/c1-2-18-12(8-6-11(15)19-13(8)16)7-3-4-10(17)9(14)5-7/h3-6,12,18H,2H2,1H3. The summed E-state index contributed by atoms with van der Waals surface area (Å²) >= 11 is 19.3. The molecule has 0 saturated carbocycles. The highest BCUT2D eigenvalue weighted by molar-refractivity contribution is 7.20. The monoisotopic (exact) mass is 337 g/mol. The Bertz CT molecular complexity index is 585. The predicted molar refractivity (Wildman–Crippen MR) is 81.3 cm³/mol. The molecule has 0 fully saturated rings. The molecule has 2 aromatic rings. The SMILES string of the molecule is CCNC(c1ccc(F)c(Cl)c1)c1cc(Cl)sc1Cl. The van der Waals surface area contributed by atoms with Gasteiger partial charge in [0.2, 0.25) is 0 Å². The van der Waals surface area contributed by atoms with Crippen molar-refractivity contribution in [3.63, 3.8) is 0 Å². The minimum Gasteiger partial charge on any atom is -0.306 e. The number of rotatable bonds is 4. The lowest BCUT2D eigenvalue weighted by Gasteiger charge is -2.18. The van der Waals surface area contributed by atoms with Crippen molar-refractivity contribution in [3.8, 4) is 0 Å². The number of hydrogen-bond donors (Lipinski definition) is 1. The van der Waals surface area contributed by atoms with Gasteiger partial charge < -0.3 is 5.32 Å². The van der Waals surface area contributed by atoms with Crippen molar-refractivity contribution < 1.29 is 4.39 Å². The first-order valence-corrected chi connectivity index (χ1v) is 7.61. The fraction of sp³-hybridized carbons (Fsp3) is 0.231. The minimum absolute atomic E-state index is 0.0952. The number of thiophene rings is 1. The lowest BCUT2D eigenvalue weighted by molar-refractivity contribution is 0.615. The third-order valence-corrected chi connectivity index (χ3v) is 4.49. The van der Waals surface area contributed by atoms with Crippen molar-refractivity contribution in [3.05, 3.63) is 54.9 Å². The molecule has 19 heavy (non-hydrogen) atoms. The van der Waals surface area contributed by atoms with E-state index in [1.165, 1.54) is 17.4 Å². The number of nitrogens with one attached hydrogen (secondary N) is 1. The lowest BCUT2D eigenvalue weighted by Crippen LogP contribution is -2.21. The summed E-state index contributed by atoms with van der Waals surface area (Å²) in [4.78, 5) is 0. The summed E-state index contributed by atoms with van der Waals surface area (Å²) in [7, 11) is 0. The number of halogens is 4. The molecule has 1 N–H and O–H groups in total. The molecule has 102 valence electrons. The summed E-state index contributed by atoms with van der Waals surface area (Å²) in [6.45, 7) is 2.73. The second-order valence-corrected chi connectivity index (χ2v) is 6.64. The Morgan fingerprint density at radius 1 is 1.26 bits per heavy atom. The van der Waals surface area contributed by atoms with Gasteiger partial charge in [0.15, 0.2) is 0 Å². The molecule has 1 unspecified atom stereocenters. The first-order chi connectivity index (χ1) is 9.02. The van der Waals surface area contributed by atoms with Gasteiger partial charge in [-0.3, -0.25) is 0 Å². The minimum atomic E-state index is -0.435. The van der Waals surface area contributed by atoms with Crippen LogP contribution in [0.4, 0.5) is 4.39 Å². The molecule has 0 saturated heterocycles. The van der Waals surface area contributed by atoms with Gasteiger partial charge in [0.25, 0.3) is 0 Å². The Balaban J connectivity index is 2.44. The van der Waals surface area contributed by atoms with Crippen molar-refractivity contribution >= 4 is 46.1 Å². The maximum absolute atomic E-state index is 13.2. The van der Waals surface area contributed by atoms with Gasteiger partial charge >= 0.3 is 0 Å². The maximum Gasteiger partial charge on any atom is 0.141 e. The summed E-state index contributed by atoms with van der Waals surface area (Å²) in [5.74, 6) is -0.435. The summed E-state index contributed by atoms with van der Waals surface area (Å²) < 4.78 is 14.5. The van der Waals surface area contributed by atoms with E-state index in [0.717, 1.165) is 17.7 Å². The Morgan fingerprint density at radius 2 is 2.00 bits per heavy atom. The molecule has 0 radical (unpaired) electrons. The van der Waals surface area contributed by atoms with E-state index in [0.29, 0.717) is 8.67 Å². The van der Waals surface area contributed by atoms with Crippen LogP contribution in [0.25, 0.3) is 0 Å². The van der Waals surface area contributed by atoms with E-state index in [2.05, 4.69) is 5.32 Å². The molecule has 1 aromatic carbocycles. The predicted octanol–water partition coefficient (Wildman–Crippen LogP) is 5.55. The van der Waals surface area contributed by atoms with E-state index in [4.69, 9.17) is 34.8 Å². The third kappa shape index (κ3) is 3.41. The zero-order valence-electron chi connectivity index (χ0n) is 10.0. The molecular weight excluding hydrogens is 328 g/mol. The molecule has 1 aromatic heterocycles. The number of benzene rings is 1. The van der Waals surface area contributed by atoms with E-state index in [9.17, 15) is 4.39 Å². The van der Waals surface area contributed by atoms with E-state index >= 15 is 0 Å². The zero-order valence-corrected chi connectivity index (χ0v) is 13.1. The van der Waals surface area contributed by atoms with Crippen molar-refractivity contribution in [2.24, 2.45) is 0 Å². The maximum atomic E-state index is 13.2. The van der Waals surface area contributed by atoms with Crippen LogP contribution in [0.1, 0.15) is 24.1 Å².